The third-order valence-electron chi connectivity index (χ3n) is 7.58. The second kappa shape index (κ2) is 10.8. The van der Waals surface area contributed by atoms with Gasteiger partial charge in [-0.05, 0) is 55.8 Å². The number of rotatable bonds is 7. The fourth-order valence-corrected chi connectivity index (χ4v) is 5.48. The van der Waals surface area contributed by atoms with Crippen LogP contribution >= 0.6 is 0 Å². The molecular formula is C28H37N5O2. The Hall–Kier alpha value is -2.90. The summed E-state index contributed by atoms with van der Waals surface area (Å²) < 4.78 is 7.65. The van der Waals surface area contributed by atoms with Gasteiger partial charge in [-0.1, -0.05) is 31.2 Å². The summed E-state index contributed by atoms with van der Waals surface area (Å²) in [4.78, 5) is 25.3. The van der Waals surface area contributed by atoms with E-state index in [1.54, 1.807) is 7.11 Å². The molecule has 3 aromatic rings. The molecule has 0 unspecified atom stereocenters. The van der Waals surface area contributed by atoms with Crippen LogP contribution in [0.1, 0.15) is 31.2 Å². The largest absolute Gasteiger partial charge is 0.497 e. The Morgan fingerprint density at radius 1 is 0.971 bits per heavy atom. The Morgan fingerprint density at radius 2 is 1.74 bits per heavy atom. The van der Waals surface area contributed by atoms with Crippen molar-refractivity contribution >= 4 is 16.9 Å². The number of imidazole rings is 1. The minimum absolute atomic E-state index is 0.0938. The van der Waals surface area contributed by atoms with E-state index < -0.39 is 0 Å². The summed E-state index contributed by atoms with van der Waals surface area (Å²) in [5, 5.41) is 0. The minimum Gasteiger partial charge on any atom is -0.497 e. The normalized spacial score (nSPS) is 19.8. The number of likely N-dealkylation sites (tertiary alicyclic amines) is 1. The van der Waals surface area contributed by atoms with Crippen LogP contribution in [0, 0.1) is 5.92 Å². The standard InChI is InChI=1S/C28H37N5O2/c1-3-30-15-17-32(18-16-30)28(34)23-7-6-14-31(20-23)21-27-29-25-8-4-5-9-26(25)33(27)19-22-10-12-24(35-2)13-11-22/h4-5,8-13,23H,3,6-7,14-21H2,1-2H3/t23-/m1/s1. The summed E-state index contributed by atoms with van der Waals surface area (Å²) in [7, 11) is 1.69. The maximum atomic E-state index is 13.3. The number of fused-ring (bicyclic) bond motifs is 1. The molecule has 0 spiro atoms. The van der Waals surface area contributed by atoms with E-state index in [1.165, 1.54) is 5.56 Å². The van der Waals surface area contributed by atoms with Crippen molar-refractivity contribution in [3.8, 4) is 5.75 Å². The number of ether oxygens (including phenoxy) is 1. The second-order valence-electron chi connectivity index (χ2n) is 9.78. The molecule has 0 N–H and O–H groups in total. The van der Waals surface area contributed by atoms with Gasteiger partial charge in [-0.15, -0.1) is 0 Å². The lowest BCUT2D eigenvalue weighted by Crippen LogP contribution is -2.52. The summed E-state index contributed by atoms with van der Waals surface area (Å²) in [6, 6.07) is 16.6. The fraction of sp³-hybridized carbons (Fsp3) is 0.500. The fourth-order valence-electron chi connectivity index (χ4n) is 5.48. The molecule has 2 saturated heterocycles. The van der Waals surface area contributed by atoms with E-state index in [-0.39, 0.29) is 5.92 Å². The highest BCUT2D eigenvalue weighted by Crippen LogP contribution is 2.24. The molecule has 0 aliphatic carbocycles. The van der Waals surface area contributed by atoms with Crippen molar-refractivity contribution < 1.29 is 9.53 Å². The van der Waals surface area contributed by atoms with Crippen molar-refractivity contribution in [2.45, 2.75) is 32.9 Å². The van der Waals surface area contributed by atoms with Crippen molar-refractivity contribution in [3.63, 3.8) is 0 Å². The molecule has 1 amide bonds. The van der Waals surface area contributed by atoms with Gasteiger partial charge in [-0.2, -0.15) is 0 Å². The van der Waals surface area contributed by atoms with E-state index in [4.69, 9.17) is 9.72 Å². The smallest absolute Gasteiger partial charge is 0.227 e. The van der Waals surface area contributed by atoms with Gasteiger partial charge in [-0.3, -0.25) is 9.69 Å². The van der Waals surface area contributed by atoms with E-state index in [9.17, 15) is 4.79 Å². The van der Waals surface area contributed by atoms with Crippen LogP contribution in [0.25, 0.3) is 11.0 Å². The molecule has 0 bridgehead atoms. The number of piperidine rings is 1. The van der Waals surface area contributed by atoms with Crippen LogP contribution in [0.15, 0.2) is 48.5 Å². The Morgan fingerprint density at radius 3 is 2.49 bits per heavy atom. The van der Waals surface area contributed by atoms with Gasteiger partial charge < -0.3 is 19.1 Å². The zero-order chi connectivity index (χ0) is 24.2. The number of aromatic nitrogens is 2. The van der Waals surface area contributed by atoms with Crippen LogP contribution in [0.2, 0.25) is 0 Å². The number of carbonyl (C=O) groups excluding carboxylic acids is 1. The van der Waals surface area contributed by atoms with Crippen LogP contribution in [-0.4, -0.2) is 83.1 Å². The molecule has 0 radical (unpaired) electrons. The number of nitrogens with zero attached hydrogens (tertiary/aromatic N) is 5. The quantitative estimate of drug-likeness (QED) is 0.524. The highest BCUT2D eigenvalue weighted by Gasteiger charge is 2.31. The number of amides is 1. The Bertz CT molecular complexity index is 1130. The lowest BCUT2D eigenvalue weighted by molar-refractivity contribution is -0.139. The predicted molar refractivity (Wildman–Crippen MR) is 139 cm³/mol. The lowest BCUT2D eigenvalue weighted by Gasteiger charge is -2.38. The number of methoxy groups -OCH3 is 1. The van der Waals surface area contributed by atoms with Crippen LogP contribution < -0.4 is 4.74 Å². The summed E-state index contributed by atoms with van der Waals surface area (Å²) >= 11 is 0. The molecule has 1 atom stereocenters. The minimum atomic E-state index is 0.0938. The summed E-state index contributed by atoms with van der Waals surface area (Å²) in [6.45, 7) is 10.3. The monoisotopic (exact) mass is 475 g/mol. The molecule has 2 aromatic carbocycles. The van der Waals surface area contributed by atoms with Crippen LogP contribution in [0.3, 0.4) is 0 Å². The zero-order valence-electron chi connectivity index (χ0n) is 21.0. The van der Waals surface area contributed by atoms with E-state index >= 15 is 0 Å². The van der Waals surface area contributed by atoms with Crippen molar-refractivity contribution in [1.29, 1.82) is 0 Å². The average molecular weight is 476 g/mol. The summed E-state index contributed by atoms with van der Waals surface area (Å²) in [5.74, 6) is 2.37. The number of carbonyl (C=O) groups is 1. The predicted octanol–water partition coefficient (Wildman–Crippen LogP) is 3.47. The third-order valence-corrected chi connectivity index (χ3v) is 7.58. The lowest BCUT2D eigenvalue weighted by atomic mass is 9.96. The highest BCUT2D eigenvalue weighted by atomic mass is 16.5. The molecule has 1 aromatic heterocycles. The van der Waals surface area contributed by atoms with Gasteiger partial charge in [0.1, 0.15) is 11.6 Å². The molecule has 7 nitrogen and oxygen atoms in total. The number of benzene rings is 2. The van der Waals surface area contributed by atoms with Gasteiger partial charge in [0, 0.05) is 39.3 Å². The SMILES string of the molecule is CCN1CCN(C(=O)[C@@H]2CCCN(Cc3nc4ccccc4n3Cc3ccc(OC)cc3)C2)CC1. The topological polar surface area (TPSA) is 53.8 Å². The van der Waals surface area contributed by atoms with E-state index in [1.807, 2.05) is 18.2 Å². The van der Waals surface area contributed by atoms with Gasteiger partial charge in [0.15, 0.2) is 0 Å². The van der Waals surface area contributed by atoms with Crippen molar-refractivity contribution in [1.82, 2.24) is 24.3 Å². The summed E-state index contributed by atoms with van der Waals surface area (Å²) in [6.07, 6.45) is 2.05. The van der Waals surface area contributed by atoms with Crippen LogP contribution in [0.4, 0.5) is 0 Å². The second-order valence-corrected chi connectivity index (χ2v) is 9.78. The van der Waals surface area contributed by atoms with E-state index in [0.717, 1.165) is 94.4 Å². The maximum absolute atomic E-state index is 13.3. The Labute approximate surface area is 208 Å². The number of hydrogen-bond acceptors (Lipinski definition) is 5. The van der Waals surface area contributed by atoms with Crippen molar-refractivity contribution in [2.75, 3.05) is 52.9 Å². The molecule has 2 aliphatic heterocycles. The summed E-state index contributed by atoms with van der Waals surface area (Å²) in [5.41, 5.74) is 3.39. The van der Waals surface area contributed by atoms with Gasteiger partial charge in [0.2, 0.25) is 5.91 Å². The third kappa shape index (κ3) is 5.36. The maximum Gasteiger partial charge on any atom is 0.227 e. The van der Waals surface area contributed by atoms with Gasteiger partial charge in [-0.25, -0.2) is 4.98 Å². The number of hydrogen-bond donors (Lipinski definition) is 0. The molecule has 3 heterocycles. The molecule has 35 heavy (non-hydrogen) atoms. The van der Waals surface area contributed by atoms with Crippen molar-refractivity contribution in [3.05, 3.63) is 59.9 Å². The average Bonchev–Trinajstić information content (AvgIpc) is 3.25. The Kier molecular flexibility index (Phi) is 7.35. The molecule has 2 fully saturated rings. The van der Waals surface area contributed by atoms with Crippen LogP contribution in [-0.2, 0) is 17.9 Å². The highest BCUT2D eigenvalue weighted by molar-refractivity contribution is 5.79. The Balaban J connectivity index is 1.30. The van der Waals surface area contributed by atoms with E-state index in [0.29, 0.717) is 5.91 Å². The number of piperazine rings is 1. The van der Waals surface area contributed by atoms with Gasteiger partial charge in [0.05, 0.1) is 30.6 Å². The molecule has 0 saturated carbocycles. The molecule has 186 valence electrons. The van der Waals surface area contributed by atoms with Gasteiger partial charge >= 0.3 is 0 Å². The molecule has 2 aliphatic rings. The molecular weight excluding hydrogens is 438 g/mol. The van der Waals surface area contributed by atoms with Gasteiger partial charge in [0.25, 0.3) is 0 Å². The number of likely N-dealkylation sites (N-methyl/N-ethyl adjacent to an activating group) is 1. The first-order chi connectivity index (χ1) is 17.1. The number of para-hydroxylation sites is 2. The van der Waals surface area contributed by atoms with E-state index in [2.05, 4.69) is 56.5 Å². The first-order valence-corrected chi connectivity index (χ1v) is 12.9. The molecule has 5 rings (SSSR count). The first-order valence-electron chi connectivity index (χ1n) is 12.9. The zero-order valence-corrected chi connectivity index (χ0v) is 21.0. The van der Waals surface area contributed by atoms with Crippen LogP contribution in [0.5, 0.6) is 5.75 Å². The molecule has 7 heteroatoms. The first kappa shape index (κ1) is 23.8. The van der Waals surface area contributed by atoms with Crippen molar-refractivity contribution in [2.24, 2.45) is 5.92 Å².